The van der Waals surface area contributed by atoms with Crippen molar-refractivity contribution in [2.24, 2.45) is 5.73 Å². The fourth-order valence-corrected chi connectivity index (χ4v) is 3.14. The smallest absolute Gasteiger partial charge is 0.110 e. The maximum Gasteiger partial charge on any atom is 0.110 e. The van der Waals surface area contributed by atoms with Gasteiger partial charge in [0.2, 0.25) is 0 Å². The van der Waals surface area contributed by atoms with Crippen molar-refractivity contribution in [1.82, 2.24) is 9.55 Å². The van der Waals surface area contributed by atoms with E-state index in [1.165, 1.54) is 62.7 Å². The SMILES string of the molecule is C=CCn1c(CCCCCCCCCCN)nc2ccccc21. The number of nitrogens with two attached hydrogens (primary N) is 1. The van der Waals surface area contributed by atoms with E-state index in [1.54, 1.807) is 0 Å². The molecular weight excluding hydrogens is 282 g/mol. The van der Waals surface area contributed by atoms with E-state index in [-0.39, 0.29) is 0 Å². The molecule has 0 radical (unpaired) electrons. The molecular formula is C20H31N3. The summed E-state index contributed by atoms with van der Waals surface area (Å²) in [4.78, 5) is 4.80. The molecule has 2 aromatic rings. The fraction of sp³-hybridized carbons (Fsp3) is 0.550. The summed E-state index contributed by atoms with van der Waals surface area (Å²) in [5.41, 5.74) is 7.84. The lowest BCUT2D eigenvalue weighted by Crippen LogP contribution is -2.02. The van der Waals surface area contributed by atoms with Crippen molar-refractivity contribution in [1.29, 1.82) is 0 Å². The van der Waals surface area contributed by atoms with Crippen LogP contribution in [-0.2, 0) is 13.0 Å². The molecule has 0 fully saturated rings. The number of hydrogen-bond acceptors (Lipinski definition) is 2. The molecule has 2 N–H and O–H groups in total. The highest BCUT2D eigenvalue weighted by atomic mass is 15.1. The first kappa shape index (κ1) is 17.7. The van der Waals surface area contributed by atoms with Crippen molar-refractivity contribution < 1.29 is 0 Å². The van der Waals surface area contributed by atoms with Gasteiger partial charge in [-0.15, -0.1) is 6.58 Å². The first-order chi connectivity index (χ1) is 11.4. The van der Waals surface area contributed by atoms with Crippen molar-refractivity contribution in [3.63, 3.8) is 0 Å². The number of para-hydroxylation sites is 2. The van der Waals surface area contributed by atoms with E-state index in [1.807, 2.05) is 6.08 Å². The van der Waals surface area contributed by atoms with Crippen molar-refractivity contribution >= 4 is 11.0 Å². The Labute approximate surface area is 140 Å². The van der Waals surface area contributed by atoms with Gasteiger partial charge in [-0.1, -0.05) is 56.7 Å². The van der Waals surface area contributed by atoms with Crippen LogP contribution in [0, 0.1) is 0 Å². The molecule has 2 rings (SSSR count). The normalized spacial score (nSPS) is 11.2. The zero-order chi connectivity index (χ0) is 16.3. The summed E-state index contributed by atoms with van der Waals surface area (Å²) in [7, 11) is 0. The number of aryl methyl sites for hydroxylation is 1. The maximum atomic E-state index is 5.51. The van der Waals surface area contributed by atoms with Crippen LogP contribution in [0.1, 0.15) is 57.2 Å². The number of imidazole rings is 1. The minimum absolute atomic E-state index is 0.839. The van der Waals surface area contributed by atoms with Gasteiger partial charge >= 0.3 is 0 Å². The van der Waals surface area contributed by atoms with E-state index < -0.39 is 0 Å². The van der Waals surface area contributed by atoms with Gasteiger partial charge in [-0.25, -0.2) is 4.98 Å². The second-order valence-corrected chi connectivity index (χ2v) is 6.28. The maximum absolute atomic E-state index is 5.51. The Kier molecular flexibility index (Phi) is 7.88. The highest BCUT2D eigenvalue weighted by molar-refractivity contribution is 5.75. The monoisotopic (exact) mass is 313 g/mol. The Morgan fingerprint density at radius 2 is 1.61 bits per heavy atom. The van der Waals surface area contributed by atoms with Gasteiger partial charge < -0.3 is 10.3 Å². The zero-order valence-corrected chi connectivity index (χ0v) is 14.3. The van der Waals surface area contributed by atoms with Gasteiger partial charge in [0.05, 0.1) is 11.0 Å². The second kappa shape index (κ2) is 10.2. The van der Waals surface area contributed by atoms with E-state index >= 15 is 0 Å². The van der Waals surface area contributed by atoms with Crippen LogP contribution in [0.3, 0.4) is 0 Å². The van der Waals surface area contributed by atoms with E-state index in [9.17, 15) is 0 Å². The Bertz CT molecular complexity index is 586. The number of rotatable bonds is 12. The Balaban J connectivity index is 1.74. The summed E-state index contributed by atoms with van der Waals surface area (Å²) in [6.45, 7) is 5.56. The molecule has 0 amide bonds. The van der Waals surface area contributed by atoms with Gasteiger partial charge in [-0.2, -0.15) is 0 Å². The molecule has 23 heavy (non-hydrogen) atoms. The number of allylic oxidation sites excluding steroid dienone is 1. The molecule has 3 nitrogen and oxygen atoms in total. The van der Waals surface area contributed by atoms with Gasteiger partial charge in [0.1, 0.15) is 5.82 Å². The van der Waals surface area contributed by atoms with Gasteiger partial charge in [0, 0.05) is 13.0 Å². The number of unbranched alkanes of at least 4 members (excludes halogenated alkanes) is 7. The number of benzene rings is 1. The minimum Gasteiger partial charge on any atom is -0.330 e. The van der Waals surface area contributed by atoms with Crippen LogP contribution in [-0.4, -0.2) is 16.1 Å². The van der Waals surface area contributed by atoms with Crippen molar-refractivity contribution in [3.8, 4) is 0 Å². The van der Waals surface area contributed by atoms with E-state index in [0.717, 1.165) is 25.0 Å². The van der Waals surface area contributed by atoms with Gasteiger partial charge in [0.15, 0.2) is 0 Å². The third-order valence-electron chi connectivity index (χ3n) is 4.40. The molecule has 0 atom stereocenters. The molecule has 0 bridgehead atoms. The summed E-state index contributed by atoms with van der Waals surface area (Å²) in [5.74, 6) is 1.20. The average Bonchev–Trinajstić information content (AvgIpc) is 2.92. The van der Waals surface area contributed by atoms with Gasteiger partial charge in [-0.3, -0.25) is 0 Å². The molecule has 0 aliphatic heterocycles. The second-order valence-electron chi connectivity index (χ2n) is 6.28. The third kappa shape index (κ3) is 5.51. The summed E-state index contributed by atoms with van der Waals surface area (Å²) in [5, 5.41) is 0. The lowest BCUT2D eigenvalue weighted by Gasteiger charge is -2.06. The molecule has 0 aliphatic carbocycles. The first-order valence-corrected chi connectivity index (χ1v) is 9.12. The molecule has 1 aromatic carbocycles. The molecule has 0 spiro atoms. The molecule has 1 aromatic heterocycles. The predicted molar refractivity (Wildman–Crippen MR) is 99.6 cm³/mol. The standard InChI is InChI=1S/C20H31N3/c1-2-17-23-19-14-11-10-13-18(19)22-20(23)15-9-7-5-3-4-6-8-12-16-21/h2,10-11,13-14H,1,3-9,12,15-17,21H2. The Hall–Kier alpha value is -1.61. The number of nitrogens with zero attached hydrogens (tertiary/aromatic N) is 2. The molecule has 3 heteroatoms. The third-order valence-corrected chi connectivity index (χ3v) is 4.40. The Morgan fingerprint density at radius 3 is 2.30 bits per heavy atom. The number of aromatic nitrogens is 2. The van der Waals surface area contributed by atoms with Crippen LogP contribution in [0.2, 0.25) is 0 Å². The lowest BCUT2D eigenvalue weighted by molar-refractivity contribution is 0.563. The average molecular weight is 313 g/mol. The van der Waals surface area contributed by atoms with Crippen LogP contribution in [0.15, 0.2) is 36.9 Å². The van der Waals surface area contributed by atoms with Crippen molar-refractivity contribution in [2.75, 3.05) is 6.54 Å². The largest absolute Gasteiger partial charge is 0.330 e. The quantitative estimate of drug-likeness (QED) is 0.450. The van der Waals surface area contributed by atoms with E-state index in [4.69, 9.17) is 10.7 Å². The molecule has 0 saturated carbocycles. The zero-order valence-electron chi connectivity index (χ0n) is 14.3. The van der Waals surface area contributed by atoms with Crippen molar-refractivity contribution in [2.45, 2.75) is 64.3 Å². The highest BCUT2D eigenvalue weighted by Crippen LogP contribution is 2.18. The minimum atomic E-state index is 0.839. The summed E-state index contributed by atoms with van der Waals surface area (Å²) < 4.78 is 2.30. The topological polar surface area (TPSA) is 43.8 Å². The van der Waals surface area contributed by atoms with E-state index in [0.29, 0.717) is 0 Å². The highest BCUT2D eigenvalue weighted by Gasteiger charge is 2.08. The fourth-order valence-electron chi connectivity index (χ4n) is 3.14. The van der Waals surface area contributed by atoms with Crippen LogP contribution in [0.4, 0.5) is 0 Å². The molecule has 0 saturated heterocycles. The first-order valence-electron chi connectivity index (χ1n) is 9.12. The van der Waals surface area contributed by atoms with Gasteiger partial charge in [0.25, 0.3) is 0 Å². The number of hydrogen-bond donors (Lipinski definition) is 1. The molecule has 0 unspecified atom stereocenters. The van der Waals surface area contributed by atoms with Crippen molar-refractivity contribution in [3.05, 3.63) is 42.7 Å². The van der Waals surface area contributed by atoms with Crippen LogP contribution < -0.4 is 5.73 Å². The molecule has 0 aliphatic rings. The van der Waals surface area contributed by atoms with Crippen LogP contribution >= 0.6 is 0 Å². The van der Waals surface area contributed by atoms with Crippen LogP contribution in [0.5, 0.6) is 0 Å². The summed E-state index contributed by atoms with van der Waals surface area (Å²) in [6, 6.07) is 8.39. The number of fused-ring (bicyclic) bond motifs is 1. The lowest BCUT2D eigenvalue weighted by atomic mass is 10.1. The van der Waals surface area contributed by atoms with E-state index in [2.05, 4.69) is 35.4 Å². The molecule has 126 valence electrons. The Morgan fingerprint density at radius 1 is 0.957 bits per heavy atom. The van der Waals surface area contributed by atoms with Crippen LogP contribution in [0.25, 0.3) is 11.0 Å². The molecule has 1 heterocycles. The van der Waals surface area contributed by atoms with Gasteiger partial charge in [-0.05, 0) is 31.5 Å². The summed E-state index contributed by atoms with van der Waals surface area (Å²) >= 11 is 0. The predicted octanol–water partition coefficient (Wildman–Crippen LogP) is 4.84. The summed E-state index contributed by atoms with van der Waals surface area (Å²) in [6.07, 6.45) is 13.4.